The van der Waals surface area contributed by atoms with Crippen molar-refractivity contribution in [3.8, 4) is 0 Å². The molecule has 0 aliphatic carbocycles. The quantitative estimate of drug-likeness (QED) is 0.451. The van der Waals surface area contributed by atoms with Crippen molar-refractivity contribution in [2.45, 2.75) is 0 Å². The van der Waals surface area contributed by atoms with E-state index in [9.17, 15) is 0 Å². The summed E-state index contributed by atoms with van der Waals surface area (Å²) in [7, 11) is 0. The summed E-state index contributed by atoms with van der Waals surface area (Å²) in [5.41, 5.74) is 1.82. The number of hydrogen-bond donors (Lipinski definition) is 0. The minimum atomic E-state index is -3.95. The highest BCUT2D eigenvalue weighted by Gasteiger charge is 2.54. The van der Waals surface area contributed by atoms with E-state index in [-0.39, 0.29) is 0 Å². The largest absolute Gasteiger partial charge is 0.738 e. The molecule has 0 saturated heterocycles. The van der Waals surface area contributed by atoms with Crippen molar-refractivity contribution >= 4 is 76.3 Å². The molecule has 112 valence electrons. The topological polar surface area (TPSA) is 7.94 Å². The third kappa shape index (κ3) is 1.88. The summed E-state index contributed by atoms with van der Waals surface area (Å²) < 4.78 is 33.8. The molecule has 2 aromatic heterocycles. The Hall–Kier alpha value is -0.505. The standard InChI is InChI=1S/C13H6BBr3F2N2S/c15-7-5-6-22-13(7)12-8-1-3-10(16)20(8)14(18,19)21-9(12)2-4-11(21)17/h1-6H. The minimum Gasteiger partial charge on any atom is -0.389 e. The molecule has 0 amide bonds. The van der Waals surface area contributed by atoms with Crippen molar-refractivity contribution in [2.75, 3.05) is 0 Å². The first-order valence-electron chi connectivity index (χ1n) is 6.30. The smallest absolute Gasteiger partial charge is 0.389 e. The molecule has 4 rings (SSSR count). The molecule has 2 aliphatic rings. The molecule has 0 unspecified atom stereocenters. The molecule has 2 aromatic rings. The van der Waals surface area contributed by atoms with Crippen molar-refractivity contribution in [2.24, 2.45) is 0 Å². The number of fused-ring (bicyclic) bond motifs is 2. The lowest BCUT2D eigenvalue weighted by Crippen LogP contribution is -2.50. The summed E-state index contributed by atoms with van der Waals surface area (Å²) >= 11 is 11.5. The van der Waals surface area contributed by atoms with Crippen molar-refractivity contribution in [3.05, 3.63) is 61.1 Å². The van der Waals surface area contributed by atoms with Crippen molar-refractivity contribution in [1.82, 2.24) is 4.48 Å². The maximum Gasteiger partial charge on any atom is 0.738 e. The predicted octanol–water partition coefficient (Wildman–Crippen LogP) is 5.45. The van der Waals surface area contributed by atoms with Crippen LogP contribution in [0, 0.1) is 0 Å². The number of rotatable bonds is 1. The van der Waals surface area contributed by atoms with E-state index >= 15 is 8.63 Å². The zero-order valence-corrected chi connectivity index (χ0v) is 16.3. The van der Waals surface area contributed by atoms with Crippen LogP contribution in [0.25, 0.3) is 5.57 Å². The van der Waals surface area contributed by atoms with Gasteiger partial charge in [-0.1, -0.05) is 0 Å². The van der Waals surface area contributed by atoms with Crippen molar-refractivity contribution in [3.63, 3.8) is 0 Å². The molecule has 0 N–H and O–H groups in total. The molecule has 9 heteroatoms. The van der Waals surface area contributed by atoms with E-state index < -0.39 is 6.97 Å². The Bertz CT molecular complexity index is 910. The third-order valence-electron chi connectivity index (χ3n) is 3.71. The molecule has 0 radical (unpaired) electrons. The van der Waals surface area contributed by atoms with Gasteiger partial charge < -0.3 is 17.6 Å². The first-order valence-corrected chi connectivity index (χ1v) is 9.56. The van der Waals surface area contributed by atoms with Gasteiger partial charge in [0.1, 0.15) is 0 Å². The molecule has 2 nitrogen and oxygen atoms in total. The lowest BCUT2D eigenvalue weighted by atomic mass is 9.88. The predicted molar refractivity (Wildman–Crippen MR) is 96.9 cm³/mol. The summed E-state index contributed by atoms with van der Waals surface area (Å²) in [5.74, 6) is 0. The highest BCUT2D eigenvalue weighted by Crippen LogP contribution is 2.45. The number of aromatic nitrogens is 1. The zero-order chi connectivity index (χ0) is 15.6. The van der Waals surface area contributed by atoms with Gasteiger partial charge in [0.25, 0.3) is 0 Å². The molecule has 0 atom stereocenters. The highest BCUT2D eigenvalue weighted by molar-refractivity contribution is 9.18. The fourth-order valence-corrected chi connectivity index (χ4v) is 5.61. The molecule has 0 bridgehead atoms. The molecule has 2 aliphatic heterocycles. The van der Waals surface area contributed by atoms with Gasteiger partial charge in [0, 0.05) is 38.2 Å². The van der Waals surface area contributed by atoms with Crippen LogP contribution >= 0.6 is 59.1 Å². The van der Waals surface area contributed by atoms with Crippen LogP contribution in [0.1, 0.15) is 10.6 Å². The van der Waals surface area contributed by atoms with Crippen LogP contribution < -0.4 is 0 Å². The molecule has 0 fully saturated rings. The number of allylic oxidation sites excluding steroid dienone is 2. The van der Waals surface area contributed by atoms with Crippen molar-refractivity contribution < 1.29 is 13.1 Å². The Morgan fingerprint density at radius 3 is 2.55 bits per heavy atom. The second kappa shape index (κ2) is 4.99. The zero-order valence-electron chi connectivity index (χ0n) is 10.7. The molecule has 0 saturated carbocycles. The lowest BCUT2D eigenvalue weighted by molar-refractivity contribution is -0.358. The normalized spacial score (nSPS) is 19.0. The number of halogens is 5. The van der Waals surface area contributed by atoms with Gasteiger partial charge in [0.05, 0.1) is 15.1 Å². The van der Waals surface area contributed by atoms with Gasteiger partial charge in [-0.25, -0.2) is 0 Å². The Balaban J connectivity index is 2.15. The Labute approximate surface area is 154 Å². The number of hydrogen-bond acceptors (Lipinski definition) is 1. The molecular weight excluding hydrogens is 505 g/mol. The molecular formula is C13H6BBr3F2N2S. The van der Waals surface area contributed by atoms with E-state index in [2.05, 4.69) is 47.8 Å². The summed E-state index contributed by atoms with van der Waals surface area (Å²) in [6.07, 6.45) is 3.39. The van der Waals surface area contributed by atoms with Gasteiger partial charge in [-0.05, 0) is 55.4 Å². The van der Waals surface area contributed by atoms with E-state index in [1.54, 1.807) is 24.3 Å². The van der Waals surface area contributed by atoms with E-state index in [0.29, 0.717) is 20.6 Å². The van der Waals surface area contributed by atoms with Gasteiger partial charge >= 0.3 is 6.97 Å². The summed E-state index contributed by atoms with van der Waals surface area (Å²) in [6, 6.07) is 5.31. The van der Waals surface area contributed by atoms with Crippen LogP contribution in [0.15, 0.2) is 50.5 Å². The summed E-state index contributed by atoms with van der Waals surface area (Å²) in [4.78, 5) is 0.935. The SMILES string of the molecule is F[B-]1(F)n2c(Br)ccc2C(c2sccc2Br)=C2C=CC(Br)=[N+]21. The lowest BCUT2D eigenvalue weighted by Gasteiger charge is -2.31. The van der Waals surface area contributed by atoms with Crippen LogP contribution in [0.4, 0.5) is 8.63 Å². The maximum atomic E-state index is 15.0. The molecule has 0 spiro atoms. The van der Waals surface area contributed by atoms with Gasteiger partial charge in [-0.3, -0.25) is 0 Å². The summed E-state index contributed by atoms with van der Waals surface area (Å²) in [5, 5.41) is 1.94. The first-order chi connectivity index (χ1) is 10.4. The molecule has 0 aromatic carbocycles. The Morgan fingerprint density at radius 1 is 1.09 bits per heavy atom. The minimum absolute atomic E-state index is 0.365. The molecule has 4 heterocycles. The second-order valence-corrected chi connectivity index (χ2v) is 8.28. The average Bonchev–Trinajstić information content (AvgIpc) is 3.12. The fraction of sp³-hybridized carbons (Fsp3) is 0. The van der Waals surface area contributed by atoms with Crippen LogP contribution in [-0.4, -0.2) is 20.6 Å². The average molecular weight is 511 g/mol. The third-order valence-corrected chi connectivity index (χ3v) is 6.86. The van der Waals surface area contributed by atoms with E-state index in [1.165, 1.54) is 11.3 Å². The highest BCUT2D eigenvalue weighted by atomic mass is 79.9. The van der Waals surface area contributed by atoms with Crippen LogP contribution in [0.3, 0.4) is 0 Å². The van der Waals surface area contributed by atoms with Crippen LogP contribution in [0.5, 0.6) is 0 Å². The van der Waals surface area contributed by atoms with E-state index in [1.807, 2.05) is 11.4 Å². The summed E-state index contributed by atoms with van der Waals surface area (Å²) in [6.45, 7) is -3.95. The van der Waals surface area contributed by atoms with Gasteiger partial charge in [-0.2, -0.15) is 0 Å². The number of nitrogens with zero attached hydrogens (tertiary/aromatic N) is 2. The number of thiophene rings is 1. The van der Waals surface area contributed by atoms with E-state index in [4.69, 9.17) is 0 Å². The van der Waals surface area contributed by atoms with Gasteiger partial charge in [0.15, 0.2) is 5.70 Å². The first kappa shape index (κ1) is 15.0. The Kier molecular flexibility index (Phi) is 3.42. The second-order valence-electron chi connectivity index (χ2n) is 4.88. The van der Waals surface area contributed by atoms with Crippen molar-refractivity contribution in [1.29, 1.82) is 0 Å². The van der Waals surface area contributed by atoms with E-state index in [0.717, 1.165) is 23.9 Å². The van der Waals surface area contributed by atoms with Crippen LogP contribution in [0.2, 0.25) is 0 Å². The maximum absolute atomic E-state index is 15.0. The van der Waals surface area contributed by atoms with Gasteiger partial charge in [-0.15, -0.1) is 11.3 Å². The van der Waals surface area contributed by atoms with Crippen LogP contribution in [-0.2, 0) is 0 Å². The molecule has 22 heavy (non-hydrogen) atoms. The Morgan fingerprint density at radius 2 is 1.86 bits per heavy atom. The monoisotopic (exact) mass is 508 g/mol. The van der Waals surface area contributed by atoms with Gasteiger partial charge in [0.2, 0.25) is 4.62 Å². The fourth-order valence-electron chi connectivity index (χ4n) is 2.84.